The van der Waals surface area contributed by atoms with Gasteiger partial charge in [-0.05, 0) is 48.4 Å². The van der Waals surface area contributed by atoms with E-state index >= 15 is 0 Å². The minimum atomic E-state index is 0.774. The molecule has 0 aliphatic carbocycles. The van der Waals surface area contributed by atoms with Crippen LogP contribution in [0.2, 0.25) is 5.02 Å². The van der Waals surface area contributed by atoms with Crippen molar-refractivity contribution in [1.82, 2.24) is 10.3 Å². The van der Waals surface area contributed by atoms with E-state index < -0.39 is 0 Å². The average Bonchev–Trinajstić information content (AvgIpc) is 2.49. The number of aromatic nitrogens is 1. The van der Waals surface area contributed by atoms with Gasteiger partial charge in [-0.3, -0.25) is 4.98 Å². The Morgan fingerprint density at radius 3 is 2.43 bits per heavy atom. The Morgan fingerprint density at radius 1 is 0.905 bits per heavy atom. The van der Waals surface area contributed by atoms with Gasteiger partial charge in [0.15, 0.2) is 0 Å². The molecule has 0 saturated heterocycles. The van der Waals surface area contributed by atoms with Gasteiger partial charge >= 0.3 is 0 Å². The number of fused-ring (bicyclic) bond motifs is 1. The number of hydrogen-bond donors (Lipinski definition) is 1. The van der Waals surface area contributed by atoms with Crippen molar-refractivity contribution >= 4 is 22.5 Å². The summed E-state index contributed by atoms with van der Waals surface area (Å²) in [5.74, 6) is 0. The zero-order chi connectivity index (χ0) is 14.7. The van der Waals surface area contributed by atoms with E-state index in [1.807, 2.05) is 37.3 Å². The second-order valence-electron chi connectivity index (χ2n) is 5.21. The van der Waals surface area contributed by atoms with Crippen LogP contribution in [-0.4, -0.2) is 4.98 Å². The van der Waals surface area contributed by atoms with Gasteiger partial charge in [-0.1, -0.05) is 35.9 Å². The summed E-state index contributed by atoms with van der Waals surface area (Å²) < 4.78 is 0. The van der Waals surface area contributed by atoms with E-state index in [1.165, 1.54) is 16.5 Å². The molecule has 3 aromatic rings. The maximum atomic E-state index is 5.88. The lowest BCUT2D eigenvalue weighted by atomic mass is 10.1. The first-order valence-electron chi connectivity index (χ1n) is 7.02. The minimum absolute atomic E-state index is 0.774. The summed E-state index contributed by atoms with van der Waals surface area (Å²) in [6.45, 7) is 3.69. The molecule has 106 valence electrons. The molecule has 0 amide bonds. The molecule has 3 rings (SSSR count). The Morgan fingerprint density at radius 2 is 1.62 bits per heavy atom. The van der Waals surface area contributed by atoms with Crippen LogP contribution in [0.4, 0.5) is 0 Å². The van der Waals surface area contributed by atoms with Crippen molar-refractivity contribution in [3.05, 3.63) is 76.4 Å². The van der Waals surface area contributed by atoms with Crippen LogP contribution in [0.5, 0.6) is 0 Å². The number of nitrogens with one attached hydrogen (secondary N) is 1. The molecule has 0 atom stereocenters. The van der Waals surface area contributed by atoms with Gasteiger partial charge in [-0.2, -0.15) is 0 Å². The molecular weight excluding hydrogens is 280 g/mol. The third-order valence-electron chi connectivity index (χ3n) is 3.46. The van der Waals surface area contributed by atoms with Gasteiger partial charge in [0.1, 0.15) is 0 Å². The maximum Gasteiger partial charge on any atom is 0.0705 e. The fourth-order valence-corrected chi connectivity index (χ4v) is 2.47. The number of aryl methyl sites for hydroxylation is 1. The van der Waals surface area contributed by atoms with Gasteiger partial charge in [0.05, 0.1) is 5.52 Å². The number of hydrogen-bond acceptors (Lipinski definition) is 2. The normalized spacial score (nSPS) is 11.0. The fourth-order valence-electron chi connectivity index (χ4n) is 2.34. The van der Waals surface area contributed by atoms with E-state index in [1.54, 1.807) is 0 Å². The van der Waals surface area contributed by atoms with E-state index in [2.05, 4.69) is 34.6 Å². The first-order valence-corrected chi connectivity index (χ1v) is 7.40. The summed E-state index contributed by atoms with van der Waals surface area (Å²) in [5, 5.41) is 5.41. The summed E-state index contributed by atoms with van der Waals surface area (Å²) in [7, 11) is 0. The lowest BCUT2D eigenvalue weighted by molar-refractivity contribution is 0.694. The van der Waals surface area contributed by atoms with Crippen LogP contribution in [0.3, 0.4) is 0 Å². The third-order valence-corrected chi connectivity index (χ3v) is 3.72. The van der Waals surface area contributed by atoms with Crippen molar-refractivity contribution < 1.29 is 0 Å². The number of benzene rings is 2. The molecule has 0 spiro atoms. The smallest absolute Gasteiger partial charge is 0.0705 e. The molecule has 0 saturated carbocycles. The molecule has 2 aromatic carbocycles. The molecule has 1 heterocycles. The van der Waals surface area contributed by atoms with Crippen LogP contribution in [-0.2, 0) is 13.1 Å². The molecule has 1 N–H and O–H groups in total. The maximum absolute atomic E-state index is 5.88. The number of halogens is 1. The predicted molar refractivity (Wildman–Crippen MR) is 88.5 cm³/mol. The third kappa shape index (κ3) is 3.60. The van der Waals surface area contributed by atoms with Gasteiger partial charge in [-0.15, -0.1) is 0 Å². The first-order chi connectivity index (χ1) is 10.2. The van der Waals surface area contributed by atoms with Crippen molar-refractivity contribution in [3.63, 3.8) is 0 Å². The van der Waals surface area contributed by atoms with Crippen LogP contribution in [0.25, 0.3) is 10.9 Å². The minimum Gasteiger partial charge on any atom is -0.309 e. The molecule has 0 aliphatic rings. The number of nitrogens with zero attached hydrogens (tertiary/aromatic N) is 1. The van der Waals surface area contributed by atoms with E-state index in [-0.39, 0.29) is 0 Å². The highest BCUT2D eigenvalue weighted by molar-refractivity contribution is 6.30. The highest BCUT2D eigenvalue weighted by Gasteiger charge is 1.99. The van der Waals surface area contributed by atoms with Gasteiger partial charge in [-0.25, -0.2) is 0 Å². The molecule has 2 nitrogen and oxygen atoms in total. The van der Waals surface area contributed by atoms with Crippen LogP contribution >= 0.6 is 11.6 Å². The van der Waals surface area contributed by atoms with Gasteiger partial charge in [0.25, 0.3) is 0 Å². The van der Waals surface area contributed by atoms with Crippen molar-refractivity contribution in [3.8, 4) is 0 Å². The summed E-state index contributed by atoms with van der Waals surface area (Å²) in [4.78, 5) is 4.52. The Labute approximate surface area is 129 Å². The van der Waals surface area contributed by atoms with Crippen molar-refractivity contribution in [1.29, 1.82) is 0 Å². The predicted octanol–water partition coefficient (Wildman–Crippen LogP) is 4.49. The van der Waals surface area contributed by atoms with Crippen LogP contribution in [0.1, 0.15) is 16.8 Å². The van der Waals surface area contributed by atoms with Crippen LogP contribution < -0.4 is 5.32 Å². The molecule has 1 aromatic heterocycles. The first kappa shape index (κ1) is 14.1. The Kier molecular flexibility index (Phi) is 4.18. The molecule has 0 radical (unpaired) electrons. The second kappa shape index (κ2) is 6.25. The number of rotatable bonds is 4. The van der Waals surface area contributed by atoms with Crippen LogP contribution in [0.15, 0.2) is 54.6 Å². The molecule has 0 bridgehead atoms. The quantitative estimate of drug-likeness (QED) is 0.767. The highest BCUT2D eigenvalue weighted by atomic mass is 35.5. The molecule has 0 fully saturated rings. The van der Waals surface area contributed by atoms with Crippen LogP contribution in [0, 0.1) is 6.92 Å². The molecule has 0 aliphatic heterocycles. The second-order valence-corrected chi connectivity index (χ2v) is 5.65. The van der Waals surface area contributed by atoms with Crippen molar-refractivity contribution in [2.75, 3.05) is 0 Å². The topological polar surface area (TPSA) is 24.9 Å². The standard InChI is InChI=1S/C18H17ClN2/c1-13-2-6-16-10-15(5-9-18(16)21-13)12-20-11-14-3-7-17(19)8-4-14/h2-10,20H,11-12H2,1H3. The van der Waals surface area contributed by atoms with Gasteiger partial charge in [0.2, 0.25) is 0 Å². The molecule has 3 heteroatoms. The summed E-state index contributed by atoms with van der Waals surface area (Å²) >= 11 is 5.88. The van der Waals surface area contributed by atoms with E-state index in [9.17, 15) is 0 Å². The average molecular weight is 297 g/mol. The molecule has 0 unspecified atom stereocenters. The van der Waals surface area contributed by atoms with Gasteiger partial charge in [0, 0.05) is 29.2 Å². The van der Waals surface area contributed by atoms with Crippen molar-refractivity contribution in [2.24, 2.45) is 0 Å². The highest BCUT2D eigenvalue weighted by Crippen LogP contribution is 2.15. The van der Waals surface area contributed by atoms with E-state index in [0.717, 1.165) is 29.3 Å². The lowest BCUT2D eigenvalue weighted by Gasteiger charge is -2.07. The largest absolute Gasteiger partial charge is 0.309 e. The van der Waals surface area contributed by atoms with E-state index in [4.69, 9.17) is 11.6 Å². The SMILES string of the molecule is Cc1ccc2cc(CNCc3ccc(Cl)cc3)ccc2n1. The summed E-state index contributed by atoms with van der Waals surface area (Å²) in [5.41, 5.74) is 4.60. The number of pyridine rings is 1. The van der Waals surface area contributed by atoms with E-state index in [0.29, 0.717) is 0 Å². The Hall–Kier alpha value is -1.90. The zero-order valence-electron chi connectivity index (χ0n) is 11.9. The monoisotopic (exact) mass is 296 g/mol. The van der Waals surface area contributed by atoms with Gasteiger partial charge < -0.3 is 5.32 Å². The molecular formula is C18H17ClN2. The van der Waals surface area contributed by atoms with Crippen molar-refractivity contribution in [2.45, 2.75) is 20.0 Å². The Balaban J connectivity index is 1.65. The fraction of sp³-hybridized carbons (Fsp3) is 0.167. The summed E-state index contributed by atoms with van der Waals surface area (Å²) in [6, 6.07) is 18.5. The lowest BCUT2D eigenvalue weighted by Crippen LogP contribution is -2.12. The summed E-state index contributed by atoms with van der Waals surface area (Å²) in [6.07, 6.45) is 0. The Bertz CT molecular complexity index is 751. The zero-order valence-corrected chi connectivity index (χ0v) is 12.7. The molecule has 21 heavy (non-hydrogen) atoms.